The fourth-order valence-electron chi connectivity index (χ4n) is 3.87. The van der Waals surface area contributed by atoms with Crippen LogP contribution in [0.25, 0.3) is 10.2 Å². The Kier molecular flexibility index (Phi) is 5.35. The number of fused-ring (bicyclic) bond motifs is 2. The molecule has 6 nitrogen and oxygen atoms in total. The van der Waals surface area contributed by atoms with E-state index in [1.165, 1.54) is 17.3 Å². The molecule has 0 amide bonds. The van der Waals surface area contributed by atoms with Crippen molar-refractivity contribution < 1.29 is 9.53 Å². The summed E-state index contributed by atoms with van der Waals surface area (Å²) >= 11 is 2.92. The molecule has 2 saturated heterocycles. The average molecular weight is 439 g/mol. The smallest absolute Gasteiger partial charge is 0.219 e. The molecule has 154 valence electrons. The minimum atomic E-state index is 0.0431. The van der Waals surface area contributed by atoms with Gasteiger partial charge in [0.05, 0.1) is 17.5 Å². The number of amidine groups is 1. The lowest BCUT2D eigenvalue weighted by Gasteiger charge is -2.14. The van der Waals surface area contributed by atoms with Gasteiger partial charge in [-0.25, -0.2) is 9.98 Å². The summed E-state index contributed by atoms with van der Waals surface area (Å²) < 4.78 is 6.50. The van der Waals surface area contributed by atoms with Crippen LogP contribution in [0.5, 0.6) is 5.75 Å². The molecule has 3 aromatic rings. The summed E-state index contributed by atoms with van der Waals surface area (Å²) in [5, 5.41) is 5.41. The lowest BCUT2D eigenvalue weighted by Crippen LogP contribution is -2.28. The van der Waals surface area contributed by atoms with E-state index in [-0.39, 0.29) is 11.2 Å². The highest BCUT2D eigenvalue weighted by Gasteiger charge is 2.40. The summed E-state index contributed by atoms with van der Waals surface area (Å²) in [6.45, 7) is 1.74. The van der Waals surface area contributed by atoms with E-state index >= 15 is 0 Å². The van der Waals surface area contributed by atoms with E-state index in [1.807, 2.05) is 24.3 Å². The fraction of sp³-hybridized carbons (Fsp3) is 0.318. The van der Waals surface area contributed by atoms with Crippen molar-refractivity contribution in [3.63, 3.8) is 0 Å². The molecule has 1 aromatic heterocycles. The fourth-order valence-corrected chi connectivity index (χ4v) is 5.83. The molecule has 5 rings (SSSR count). The van der Waals surface area contributed by atoms with E-state index in [0.717, 1.165) is 64.3 Å². The first kappa shape index (κ1) is 19.4. The number of para-hydroxylation sites is 1. The van der Waals surface area contributed by atoms with Gasteiger partial charge in [-0.15, -0.1) is 0 Å². The summed E-state index contributed by atoms with van der Waals surface area (Å²) in [6, 6.07) is 14.3. The second-order valence-corrected chi connectivity index (χ2v) is 9.34. The van der Waals surface area contributed by atoms with E-state index in [1.54, 1.807) is 18.4 Å². The molecule has 3 heterocycles. The number of carbonyl (C=O) groups excluding carboxylic acids is 1. The number of anilines is 1. The molecule has 2 aliphatic rings. The molecule has 30 heavy (non-hydrogen) atoms. The van der Waals surface area contributed by atoms with Crippen molar-refractivity contribution in [1.29, 1.82) is 0 Å². The highest BCUT2D eigenvalue weighted by molar-refractivity contribution is 8.26. The van der Waals surface area contributed by atoms with Crippen LogP contribution in [0.1, 0.15) is 18.4 Å². The predicted molar refractivity (Wildman–Crippen MR) is 124 cm³/mol. The highest BCUT2D eigenvalue weighted by Crippen LogP contribution is 2.35. The first-order valence-corrected chi connectivity index (χ1v) is 11.7. The van der Waals surface area contributed by atoms with Crippen molar-refractivity contribution in [2.24, 2.45) is 4.99 Å². The number of methoxy groups -OCH3 is 1. The number of aromatic nitrogens is 1. The van der Waals surface area contributed by atoms with Crippen LogP contribution >= 0.6 is 23.1 Å². The highest BCUT2D eigenvalue weighted by atomic mass is 32.2. The molecule has 0 unspecified atom stereocenters. The van der Waals surface area contributed by atoms with Crippen molar-refractivity contribution in [2.45, 2.75) is 25.3 Å². The summed E-state index contributed by atoms with van der Waals surface area (Å²) in [6.07, 6.45) is 2.92. The Morgan fingerprint density at radius 1 is 1.27 bits per heavy atom. The summed E-state index contributed by atoms with van der Waals surface area (Å²) in [5.41, 5.74) is 3.03. The van der Waals surface area contributed by atoms with Crippen LogP contribution in [0.15, 0.2) is 47.5 Å². The molecule has 1 atom stereocenters. The lowest BCUT2D eigenvalue weighted by atomic mass is 10.1. The van der Waals surface area contributed by atoms with Crippen LogP contribution in [-0.4, -0.2) is 46.4 Å². The van der Waals surface area contributed by atoms with E-state index in [4.69, 9.17) is 9.73 Å². The largest absolute Gasteiger partial charge is 0.494 e. The molecule has 2 aliphatic heterocycles. The number of nitrogens with one attached hydrogen (secondary N) is 1. The minimum Gasteiger partial charge on any atom is -0.494 e. The molecule has 0 spiro atoms. The number of thiazole rings is 1. The summed E-state index contributed by atoms with van der Waals surface area (Å²) in [5.74, 6) is 0.802. The third-order valence-corrected chi connectivity index (χ3v) is 7.38. The summed E-state index contributed by atoms with van der Waals surface area (Å²) in [7, 11) is 1.67. The SMILES string of the molecule is COc1cccc2sc(NCCc3ccc(/N=C4\SC(=O)[C@@H]5CCCN45)cc3)nc12. The molecule has 1 N–H and O–H groups in total. The molecule has 2 aromatic carbocycles. The number of aliphatic imine (C=N–C) groups is 1. The van der Waals surface area contributed by atoms with Crippen LogP contribution < -0.4 is 10.1 Å². The van der Waals surface area contributed by atoms with Gasteiger partial charge in [-0.1, -0.05) is 29.5 Å². The number of rotatable bonds is 6. The van der Waals surface area contributed by atoms with Gasteiger partial charge < -0.3 is 15.0 Å². The van der Waals surface area contributed by atoms with Crippen molar-refractivity contribution in [3.8, 4) is 5.75 Å². The van der Waals surface area contributed by atoms with E-state index in [2.05, 4.69) is 33.4 Å². The number of ether oxygens (including phenoxy) is 1. The quantitative estimate of drug-likeness (QED) is 0.603. The minimum absolute atomic E-state index is 0.0431. The lowest BCUT2D eigenvalue weighted by molar-refractivity contribution is -0.113. The number of hydrogen-bond acceptors (Lipinski definition) is 7. The predicted octanol–water partition coefficient (Wildman–Crippen LogP) is 4.68. The number of benzene rings is 2. The average Bonchev–Trinajstić information content (AvgIpc) is 3.46. The van der Waals surface area contributed by atoms with Gasteiger partial charge in [0.15, 0.2) is 10.3 Å². The monoisotopic (exact) mass is 438 g/mol. The summed E-state index contributed by atoms with van der Waals surface area (Å²) in [4.78, 5) is 23.6. The van der Waals surface area contributed by atoms with Crippen LogP contribution in [-0.2, 0) is 11.2 Å². The van der Waals surface area contributed by atoms with E-state index in [0.29, 0.717) is 0 Å². The number of hydrogen-bond donors (Lipinski definition) is 1. The van der Waals surface area contributed by atoms with Gasteiger partial charge in [-0.3, -0.25) is 4.79 Å². The Morgan fingerprint density at radius 2 is 2.13 bits per heavy atom. The van der Waals surface area contributed by atoms with Gasteiger partial charge in [-0.2, -0.15) is 0 Å². The maximum Gasteiger partial charge on any atom is 0.219 e. The van der Waals surface area contributed by atoms with Gasteiger partial charge in [0.25, 0.3) is 0 Å². The maximum absolute atomic E-state index is 12.1. The Hall–Kier alpha value is -2.58. The Labute approximate surface area is 183 Å². The molecule has 0 bridgehead atoms. The molecule has 0 saturated carbocycles. The third kappa shape index (κ3) is 3.77. The zero-order chi connectivity index (χ0) is 20.5. The zero-order valence-corrected chi connectivity index (χ0v) is 18.3. The zero-order valence-electron chi connectivity index (χ0n) is 16.6. The van der Waals surface area contributed by atoms with Crippen molar-refractivity contribution in [1.82, 2.24) is 9.88 Å². The topological polar surface area (TPSA) is 66.8 Å². The standard InChI is InChI=1S/C22H22N4O2S2/c1-28-17-5-2-6-18-19(17)25-21(29-18)23-12-11-14-7-9-15(10-8-14)24-22-26-13-3-4-16(26)20(27)30-22/h2,5-10,16H,3-4,11-13H2,1H3,(H,23,25)/b24-22-/t16-/m0/s1. The molecular formula is C22H22N4O2S2. The van der Waals surface area contributed by atoms with Crippen molar-refractivity contribution in [2.75, 3.05) is 25.5 Å². The molecule has 8 heteroatoms. The number of carbonyl (C=O) groups is 1. The normalized spacial score (nSPS) is 19.6. The van der Waals surface area contributed by atoms with Crippen LogP contribution in [0.4, 0.5) is 10.8 Å². The molecule has 2 fully saturated rings. The van der Waals surface area contributed by atoms with Gasteiger partial charge in [0.1, 0.15) is 17.3 Å². The number of thioether (sulfide) groups is 1. The van der Waals surface area contributed by atoms with Gasteiger partial charge in [-0.05, 0) is 60.9 Å². The van der Waals surface area contributed by atoms with Crippen LogP contribution in [0.2, 0.25) is 0 Å². The van der Waals surface area contributed by atoms with Crippen LogP contribution in [0.3, 0.4) is 0 Å². The Bertz CT molecular complexity index is 1110. The Balaban J connectivity index is 1.20. The van der Waals surface area contributed by atoms with E-state index in [9.17, 15) is 4.79 Å². The van der Waals surface area contributed by atoms with Crippen molar-refractivity contribution in [3.05, 3.63) is 48.0 Å². The second kappa shape index (κ2) is 8.28. The van der Waals surface area contributed by atoms with Crippen molar-refractivity contribution >= 4 is 54.4 Å². The third-order valence-electron chi connectivity index (χ3n) is 5.42. The van der Waals surface area contributed by atoms with Crippen LogP contribution in [0, 0.1) is 0 Å². The molecule has 0 aliphatic carbocycles. The number of nitrogens with zero attached hydrogens (tertiary/aromatic N) is 3. The molecular weight excluding hydrogens is 416 g/mol. The van der Waals surface area contributed by atoms with Gasteiger partial charge >= 0.3 is 0 Å². The first-order valence-electron chi connectivity index (χ1n) is 10.0. The van der Waals surface area contributed by atoms with Gasteiger partial charge in [0.2, 0.25) is 5.12 Å². The maximum atomic E-state index is 12.1. The molecule has 0 radical (unpaired) electrons. The van der Waals surface area contributed by atoms with E-state index < -0.39 is 0 Å². The first-order chi connectivity index (χ1) is 14.7. The second-order valence-electron chi connectivity index (χ2n) is 7.34. The van der Waals surface area contributed by atoms with Gasteiger partial charge in [0, 0.05) is 13.1 Å². The Morgan fingerprint density at radius 3 is 2.97 bits per heavy atom.